The number of thiophene rings is 2. The molecule has 1 amide bonds. The summed E-state index contributed by atoms with van der Waals surface area (Å²) >= 11 is 3.26. The lowest BCUT2D eigenvalue weighted by Gasteiger charge is -2.16. The number of nitrogens with one attached hydrogen (secondary N) is 1. The standard InChI is InChI=1S/C14H11NO2S2/c16-14(10-3-5-17-8-10)15-13(11-4-7-18-9-11)12-2-1-6-19-12/h1-9,13H,(H,15,16)/t13-/m0/s1. The van der Waals surface area contributed by atoms with Gasteiger partial charge in [0.1, 0.15) is 6.26 Å². The topological polar surface area (TPSA) is 42.2 Å². The van der Waals surface area contributed by atoms with Crippen LogP contribution in [0, 0.1) is 0 Å². The lowest BCUT2D eigenvalue weighted by molar-refractivity contribution is 0.0943. The molecule has 0 radical (unpaired) electrons. The SMILES string of the molecule is O=C(N[C@@H](c1ccsc1)c1cccs1)c1ccoc1. The Morgan fingerprint density at radius 2 is 2.21 bits per heavy atom. The molecule has 0 saturated heterocycles. The predicted molar refractivity (Wildman–Crippen MR) is 76.7 cm³/mol. The lowest BCUT2D eigenvalue weighted by atomic mass is 10.1. The van der Waals surface area contributed by atoms with E-state index in [1.807, 2.05) is 29.0 Å². The Hall–Kier alpha value is -1.85. The molecule has 0 spiro atoms. The van der Waals surface area contributed by atoms with E-state index in [0.29, 0.717) is 5.56 Å². The maximum Gasteiger partial charge on any atom is 0.255 e. The van der Waals surface area contributed by atoms with Gasteiger partial charge in [-0.05, 0) is 39.9 Å². The Bertz CT molecular complexity index is 593. The highest BCUT2D eigenvalue weighted by atomic mass is 32.1. The minimum Gasteiger partial charge on any atom is -0.472 e. The molecule has 3 aromatic heterocycles. The highest BCUT2D eigenvalue weighted by molar-refractivity contribution is 7.10. The minimum atomic E-state index is -0.127. The Kier molecular flexibility index (Phi) is 3.48. The summed E-state index contributed by atoms with van der Waals surface area (Å²) < 4.78 is 4.94. The van der Waals surface area contributed by atoms with Crippen LogP contribution in [0.5, 0.6) is 0 Å². The molecule has 1 atom stereocenters. The quantitative estimate of drug-likeness (QED) is 0.791. The van der Waals surface area contributed by atoms with Crippen molar-refractivity contribution in [3.63, 3.8) is 0 Å². The first-order valence-corrected chi connectivity index (χ1v) is 7.55. The second-order valence-corrected chi connectivity index (χ2v) is 5.75. The van der Waals surface area contributed by atoms with Crippen molar-refractivity contribution in [2.45, 2.75) is 6.04 Å². The summed E-state index contributed by atoms with van der Waals surface area (Å²) in [7, 11) is 0. The zero-order chi connectivity index (χ0) is 13.1. The van der Waals surface area contributed by atoms with Crippen LogP contribution < -0.4 is 5.32 Å². The lowest BCUT2D eigenvalue weighted by Crippen LogP contribution is -2.28. The van der Waals surface area contributed by atoms with Gasteiger partial charge in [0.15, 0.2) is 0 Å². The van der Waals surface area contributed by atoms with Crippen molar-refractivity contribution in [2.24, 2.45) is 0 Å². The molecule has 1 N–H and O–H groups in total. The maximum absolute atomic E-state index is 12.1. The van der Waals surface area contributed by atoms with Gasteiger partial charge in [-0.25, -0.2) is 0 Å². The predicted octanol–water partition coefficient (Wildman–Crippen LogP) is 3.92. The van der Waals surface area contributed by atoms with Crippen molar-refractivity contribution < 1.29 is 9.21 Å². The fourth-order valence-corrected chi connectivity index (χ4v) is 3.31. The molecule has 0 bridgehead atoms. The summed E-state index contributed by atoms with van der Waals surface area (Å²) in [5, 5.41) is 9.12. The minimum absolute atomic E-state index is 0.103. The normalized spacial score (nSPS) is 12.2. The van der Waals surface area contributed by atoms with E-state index in [2.05, 4.69) is 10.7 Å². The van der Waals surface area contributed by atoms with E-state index in [-0.39, 0.29) is 11.9 Å². The molecule has 0 unspecified atom stereocenters. The molecule has 3 nitrogen and oxygen atoms in total. The molecule has 0 aliphatic carbocycles. The average molecular weight is 289 g/mol. The van der Waals surface area contributed by atoms with Gasteiger partial charge in [-0.2, -0.15) is 11.3 Å². The molecule has 0 fully saturated rings. The Morgan fingerprint density at radius 3 is 2.84 bits per heavy atom. The Labute approximate surface area is 118 Å². The van der Waals surface area contributed by atoms with Crippen LogP contribution >= 0.6 is 22.7 Å². The van der Waals surface area contributed by atoms with Gasteiger partial charge in [0.05, 0.1) is 17.9 Å². The number of rotatable bonds is 4. The number of hydrogen-bond donors (Lipinski definition) is 1. The van der Waals surface area contributed by atoms with Gasteiger partial charge in [-0.15, -0.1) is 11.3 Å². The Morgan fingerprint density at radius 1 is 1.26 bits per heavy atom. The van der Waals surface area contributed by atoms with Gasteiger partial charge in [0, 0.05) is 4.88 Å². The number of hydrogen-bond acceptors (Lipinski definition) is 4. The van der Waals surface area contributed by atoms with E-state index in [4.69, 9.17) is 4.42 Å². The van der Waals surface area contributed by atoms with Crippen molar-refractivity contribution in [1.82, 2.24) is 5.32 Å². The third kappa shape index (κ3) is 2.62. The van der Waals surface area contributed by atoms with Gasteiger partial charge in [0.2, 0.25) is 0 Å². The molecule has 19 heavy (non-hydrogen) atoms. The van der Waals surface area contributed by atoms with E-state index < -0.39 is 0 Å². The molecular formula is C14H11NO2S2. The van der Waals surface area contributed by atoms with Gasteiger partial charge < -0.3 is 9.73 Å². The molecule has 0 aromatic carbocycles. The number of carbonyl (C=O) groups is 1. The van der Waals surface area contributed by atoms with Crippen molar-refractivity contribution >= 4 is 28.6 Å². The molecule has 96 valence electrons. The van der Waals surface area contributed by atoms with Crippen LogP contribution in [0.2, 0.25) is 0 Å². The first kappa shape index (κ1) is 12.2. The van der Waals surface area contributed by atoms with Crippen LogP contribution in [-0.2, 0) is 0 Å². The van der Waals surface area contributed by atoms with Gasteiger partial charge >= 0.3 is 0 Å². The highest BCUT2D eigenvalue weighted by Gasteiger charge is 2.19. The van der Waals surface area contributed by atoms with Crippen LogP contribution in [0.15, 0.2) is 57.3 Å². The fourth-order valence-electron chi connectivity index (χ4n) is 1.82. The van der Waals surface area contributed by atoms with Crippen LogP contribution in [0.1, 0.15) is 26.8 Å². The summed E-state index contributed by atoms with van der Waals surface area (Å²) in [5.74, 6) is -0.127. The van der Waals surface area contributed by atoms with Crippen molar-refractivity contribution in [3.05, 3.63) is 68.9 Å². The molecule has 0 aliphatic rings. The van der Waals surface area contributed by atoms with Crippen LogP contribution in [0.3, 0.4) is 0 Å². The molecule has 0 saturated carbocycles. The summed E-state index contributed by atoms with van der Waals surface area (Å²) in [6.45, 7) is 0. The Balaban J connectivity index is 1.87. The third-order valence-corrected chi connectivity index (χ3v) is 4.40. The molecule has 3 heterocycles. The molecule has 3 rings (SSSR count). The van der Waals surface area contributed by atoms with Gasteiger partial charge in [0.25, 0.3) is 5.91 Å². The second kappa shape index (κ2) is 5.42. The molecule has 3 aromatic rings. The van der Waals surface area contributed by atoms with Crippen molar-refractivity contribution in [1.29, 1.82) is 0 Å². The van der Waals surface area contributed by atoms with Gasteiger partial charge in [-0.1, -0.05) is 6.07 Å². The molecule has 5 heteroatoms. The number of furan rings is 1. The molecule has 0 aliphatic heterocycles. The average Bonchev–Trinajstić information content (AvgIpc) is 3.17. The zero-order valence-corrected chi connectivity index (χ0v) is 11.5. The second-order valence-electron chi connectivity index (χ2n) is 3.99. The largest absolute Gasteiger partial charge is 0.472 e. The number of amides is 1. The first-order valence-electron chi connectivity index (χ1n) is 5.73. The zero-order valence-electron chi connectivity index (χ0n) is 9.91. The monoisotopic (exact) mass is 289 g/mol. The summed E-state index contributed by atoms with van der Waals surface area (Å²) in [5.41, 5.74) is 1.64. The highest BCUT2D eigenvalue weighted by Crippen LogP contribution is 2.27. The smallest absolute Gasteiger partial charge is 0.255 e. The maximum atomic E-state index is 12.1. The van der Waals surface area contributed by atoms with Gasteiger partial charge in [-0.3, -0.25) is 4.79 Å². The van der Waals surface area contributed by atoms with Crippen LogP contribution in [0.4, 0.5) is 0 Å². The molecular weight excluding hydrogens is 278 g/mol. The summed E-state index contributed by atoms with van der Waals surface area (Å²) in [4.78, 5) is 13.3. The fraction of sp³-hybridized carbons (Fsp3) is 0.0714. The van der Waals surface area contributed by atoms with E-state index in [9.17, 15) is 4.79 Å². The van der Waals surface area contributed by atoms with E-state index in [0.717, 1.165) is 10.4 Å². The van der Waals surface area contributed by atoms with Crippen molar-refractivity contribution in [3.8, 4) is 0 Å². The summed E-state index contributed by atoms with van der Waals surface area (Å²) in [6.07, 6.45) is 2.95. The third-order valence-electron chi connectivity index (χ3n) is 2.76. The van der Waals surface area contributed by atoms with E-state index in [1.54, 1.807) is 28.7 Å². The van der Waals surface area contributed by atoms with Crippen molar-refractivity contribution in [2.75, 3.05) is 0 Å². The number of carbonyl (C=O) groups excluding carboxylic acids is 1. The summed E-state index contributed by atoms with van der Waals surface area (Å²) in [6, 6.07) is 7.61. The van der Waals surface area contributed by atoms with E-state index in [1.165, 1.54) is 12.5 Å². The van der Waals surface area contributed by atoms with E-state index >= 15 is 0 Å². The first-order chi connectivity index (χ1) is 9.34. The van der Waals surface area contributed by atoms with Crippen LogP contribution in [-0.4, -0.2) is 5.91 Å². The van der Waals surface area contributed by atoms with Crippen LogP contribution in [0.25, 0.3) is 0 Å².